The summed E-state index contributed by atoms with van der Waals surface area (Å²) in [7, 11) is 0. The van der Waals surface area contributed by atoms with E-state index in [0.29, 0.717) is 19.5 Å². The standard InChI is InChI=1S/C15H20F3NO3.ClH/c1-2-7-19(11-14(20)21)8-4-9-22-13-6-3-5-12(10-13)15(16,17)18;/h3,5-6,10H,2,4,7-9,11H2,1H3,(H,20,21);1H. The summed E-state index contributed by atoms with van der Waals surface area (Å²) in [6.07, 6.45) is -3.01. The van der Waals surface area contributed by atoms with Crippen molar-refractivity contribution in [2.45, 2.75) is 25.9 Å². The molecule has 0 aliphatic carbocycles. The van der Waals surface area contributed by atoms with Crippen LogP contribution < -0.4 is 4.74 Å². The number of ether oxygens (including phenoxy) is 1. The summed E-state index contributed by atoms with van der Waals surface area (Å²) in [6, 6.07) is 4.71. The van der Waals surface area contributed by atoms with E-state index in [1.165, 1.54) is 12.1 Å². The Balaban J connectivity index is 0.00000484. The molecule has 23 heavy (non-hydrogen) atoms. The molecule has 0 radical (unpaired) electrons. The molecule has 1 rings (SSSR count). The van der Waals surface area contributed by atoms with Crippen molar-refractivity contribution in [2.24, 2.45) is 0 Å². The summed E-state index contributed by atoms with van der Waals surface area (Å²) in [5, 5.41) is 8.77. The molecule has 0 fully saturated rings. The van der Waals surface area contributed by atoms with Crippen molar-refractivity contribution >= 4 is 18.4 Å². The third kappa shape index (κ3) is 8.66. The number of hydrogen-bond donors (Lipinski definition) is 1. The maximum atomic E-state index is 12.6. The highest BCUT2D eigenvalue weighted by Crippen LogP contribution is 2.31. The number of hydrogen-bond acceptors (Lipinski definition) is 3. The Morgan fingerprint density at radius 1 is 1.30 bits per heavy atom. The van der Waals surface area contributed by atoms with Crippen LogP contribution >= 0.6 is 12.4 Å². The predicted molar refractivity (Wildman–Crippen MR) is 83.2 cm³/mol. The monoisotopic (exact) mass is 355 g/mol. The zero-order valence-corrected chi connectivity index (χ0v) is 13.6. The first-order chi connectivity index (χ1) is 10.3. The highest BCUT2D eigenvalue weighted by atomic mass is 35.5. The van der Waals surface area contributed by atoms with E-state index in [1.807, 2.05) is 6.92 Å². The van der Waals surface area contributed by atoms with Gasteiger partial charge in [0.15, 0.2) is 0 Å². The second kappa shape index (κ2) is 10.3. The summed E-state index contributed by atoms with van der Waals surface area (Å²) in [6.45, 7) is 3.33. The minimum absolute atomic E-state index is 0. The normalized spacial score (nSPS) is 11.2. The van der Waals surface area contributed by atoms with E-state index < -0.39 is 17.7 Å². The molecule has 0 aliphatic rings. The SMILES string of the molecule is CCCN(CCCOc1cccc(C(F)(F)F)c1)CC(=O)O.Cl. The Hall–Kier alpha value is -1.47. The quantitative estimate of drug-likeness (QED) is 0.686. The second-order valence-electron chi connectivity index (χ2n) is 4.90. The van der Waals surface area contributed by atoms with Gasteiger partial charge in [0, 0.05) is 6.54 Å². The first-order valence-corrected chi connectivity index (χ1v) is 7.07. The summed E-state index contributed by atoms with van der Waals surface area (Å²) in [5.41, 5.74) is -0.747. The van der Waals surface area contributed by atoms with Gasteiger partial charge in [-0.3, -0.25) is 9.69 Å². The summed E-state index contributed by atoms with van der Waals surface area (Å²) in [4.78, 5) is 12.5. The van der Waals surface area contributed by atoms with Crippen LogP contribution in [0.1, 0.15) is 25.3 Å². The van der Waals surface area contributed by atoms with Crippen molar-refractivity contribution in [3.8, 4) is 5.75 Å². The number of carboxylic acid groups (broad SMARTS) is 1. The van der Waals surface area contributed by atoms with Crippen molar-refractivity contribution in [3.05, 3.63) is 29.8 Å². The van der Waals surface area contributed by atoms with Crippen LogP contribution in [0.3, 0.4) is 0 Å². The van der Waals surface area contributed by atoms with Crippen LogP contribution in [0.2, 0.25) is 0 Å². The van der Waals surface area contributed by atoms with Crippen LogP contribution in [0.25, 0.3) is 0 Å². The van der Waals surface area contributed by atoms with Crippen molar-refractivity contribution in [1.82, 2.24) is 4.90 Å². The Morgan fingerprint density at radius 2 is 2.00 bits per heavy atom. The molecule has 0 atom stereocenters. The number of carbonyl (C=O) groups is 1. The molecule has 0 saturated carbocycles. The summed E-state index contributed by atoms with van der Waals surface area (Å²) >= 11 is 0. The largest absolute Gasteiger partial charge is 0.494 e. The molecular weight excluding hydrogens is 335 g/mol. The molecule has 0 saturated heterocycles. The van der Waals surface area contributed by atoms with E-state index >= 15 is 0 Å². The van der Waals surface area contributed by atoms with Gasteiger partial charge in [0.2, 0.25) is 0 Å². The number of carboxylic acids is 1. The average molecular weight is 356 g/mol. The molecule has 0 bridgehead atoms. The van der Waals surface area contributed by atoms with E-state index in [2.05, 4.69) is 0 Å². The minimum Gasteiger partial charge on any atom is -0.494 e. The first kappa shape index (κ1) is 21.5. The third-order valence-electron chi connectivity index (χ3n) is 2.95. The lowest BCUT2D eigenvalue weighted by atomic mass is 10.2. The molecule has 0 amide bonds. The molecule has 0 aromatic heterocycles. The maximum Gasteiger partial charge on any atom is 0.416 e. The highest BCUT2D eigenvalue weighted by Gasteiger charge is 2.30. The van der Waals surface area contributed by atoms with E-state index in [-0.39, 0.29) is 31.3 Å². The zero-order chi connectivity index (χ0) is 16.6. The topological polar surface area (TPSA) is 49.8 Å². The predicted octanol–water partition coefficient (Wildman–Crippen LogP) is 3.69. The molecule has 8 heteroatoms. The van der Waals surface area contributed by atoms with Crippen molar-refractivity contribution in [3.63, 3.8) is 0 Å². The Bertz CT molecular complexity index is 483. The van der Waals surface area contributed by atoms with Gasteiger partial charge < -0.3 is 9.84 Å². The lowest BCUT2D eigenvalue weighted by Gasteiger charge is -2.19. The van der Waals surface area contributed by atoms with E-state index in [0.717, 1.165) is 18.6 Å². The van der Waals surface area contributed by atoms with Crippen LogP contribution in [0.15, 0.2) is 24.3 Å². The molecule has 1 aromatic rings. The molecule has 0 spiro atoms. The maximum absolute atomic E-state index is 12.6. The van der Waals surface area contributed by atoms with Crippen LogP contribution in [0.4, 0.5) is 13.2 Å². The Morgan fingerprint density at radius 3 is 2.57 bits per heavy atom. The first-order valence-electron chi connectivity index (χ1n) is 7.07. The van der Waals surface area contributed by atoms with Crippen molar-refractivity contribution in [2.75, 3.05) is 26.2 Å². The fourth-order valence-electron chi connectivity index (χ4n) is 2.02. The smallest absolute Gasteiger partial charge is 0.416 e. The molecule has 0 unspecified atom stereocenters. The van der Waals surface area contributed by atoms with E-state index in [9.17, 15) is 18.0 Å². The number of rotatable bonds is 9. The Labute approximate surface area is 139 Å². The van der Waals surface area contributed by atoms with Gasteiger partial charge in [-0.15, -0.1) is 12.4 Å². The highest BCUT2D eigenvalue weighted by molar-refractivity contribution is 5.85. The fraction of sp³-hybridized carbons (Fsp3) is 0.533. The van der Waals surface area contributed by atoms with Gasteiger partial charge >= 0.3 is 12.1 Å². The van der Waals surface area contributed by atoms with Gasteiger partial charge in [-0.2, -0.15) is 13.2 Å². The van der Waals surface area contributed by atoms with Gasteiger partial charge in [-0.1, -0.05) is 13.0 Å². The molecular formula is C15H21ClF3NO3. The van der Waals surface area contributed by atoms with Crippen LogP contribution in [0, 0.1) is 0 Å². The molecule has 4 nitrogen and oxygen atoms in total. The fourth-order valence-corrected chi connectivity index (χ4v) is 2.02. The molecule has 1 aromatic carbocycles. The molecule has 132 valence electrons. The molecule has 0 aliphatic heterocycles. The molecule has 0 heterocycles. The van der Waals surface area contributed by atoms with E-state index in [4.69, 9.17) is 9.84 Å². The van der Waals surface area contributed by atoms with Crippen molar-refractivity contribution in [1.29, 1.82) is 0 Å². The summed E-state index contributed by atoms with van der Waals surface area (Å²) in [5.74, 6) is -0.734. The van der Waals surface area contributed by atoms with E-state index in [1.54, 1.807) is 4.90 Å². The zero-order valence-electron chi connectivity index (χ0n) is 12.8. The number of aliphatic carboxylic acids is 1. The van der Waals surface area contributed by atoms with Gasteiger partial charge in [0.05, 0.1) is 18.7 Å². The summed E-state index contributed by atoms with van der Waals surface area (Å²) < 4.78 is 43.0. The average Bonchev–Trinajstić information content (AvgIpc) is 2.42. The number of benzene rings is 1. The molecule has 1 N–H and O–H groups in total. The van der Waals surface area contributed by atoms with Gasteiger partial charge in [-0.05, 0) is 37.6 Å². The van der Waals surface area contributed by atoms with Gasteiger partial charge in [0.25, 0.3) is 0 Å². The lowest BCUT2D eigenvalue weighted by molar-refractivity contribution is -0.138. The second-order valence-corrected chi connectivity index (χ2v) is 4.90. The van der Waals surface area contributed by atoms with Crippen LogP contribution in [-0.2, 0) is 11.0 Å². The van der Waals surface area contributed by atoms with Crippen LogP contribution in [0.5, 0.6) is 5.75 Å². The van der Waals surface area contributed by atoms with Gasteiger partial charge in [-0.25, -0.2) is 0 Å². The number of nitrogens with zero attached hydrogens (tertiary/aromatic N) is 1. The van der Waals surface area contributed by atoms with Gasteiger partial charge in [0.1, 0.15) is 5.75 Å². The third-order valence-corrected chi connectivity index (χ3v) is 2.95. The number of halogens is 4. The Kier molecular flexibility index (Phi) is 9.67. The minimum atomic E-state index is -4.39. The van der Waals surface area contributed by atoms with Crippen molar-refractivity contribution < 1.29 is 27.8 Å². The van der Waals surface area contributed by atoms with Crippen LogP contribution in [-0.4, -0.2) is 42.2 Å². The number of alkyl halides is 3. The lowest BCUT2D eigenvalue weighted by Crippen LogP contribution is -2.32.